The van der Waals surface area contributed by atoms with Crippen LogP contribution in [0.1, 0.15) is 18.1 Å². The largest absolute Gasteiger partial charge is 0.418 e. The minimum atomic E-state index is -0.947. The van der Waals surface area contributed by atoms with Gasteiger partial charge in [-0.25, -0.2) is 9.59 Å². The van der Waals surface area contributed by atoms with E-state index < -0.39 is 18.4 Å². The van der Waals surface area contributed by atoms with E-state index in [1.807, 2.05) is 26.0 Å². The van der Waals surface area contributed by atoms with Gasteiger partial charge in [-0.15, -0.1) is 0 Å². The van der Waals surface area contributed by atoms with Crippen molar-refractivity contribution in [2.24, 2.45) is 0 Å². The molecule has 1 heterocycles. The third-order valence-electron chi connectivity index (χ3n) is 3.00. The summed E-state index contributed by atoms with van der Waals surface area (Å²) in [7, 11) is 0. The van der Waals surface area contributed by atoms with E-state index in [-0.39, 0.29) is 0 Å². The molecule has 100 valence electrons. The monoisotopic (exact) mass is 261 g/mol. The Morgan fingerprint density at radius 2 is 2.05 bits per heavy atom. The number of ether oxygens (including phenoxy) is 2. The van der Waals surface area contributed by atoms with Gasteiger partial charge in [-0.1, -0.05) is 12.1 Å². The van der Waals surface area contributed by atoms with E-state index in [0.29, 0.717) is 11.3 Å². The molecule has 19 heavy (non-hydrogen) atoms. The summed E-state index contributed by atoms with van der Waals surface area (Å²) in [6.45, 7) is 5.47. The first kappa shape index (κ1) is 13.1. The van der Waals surface area contributed by atoms with Crippen LogP contribution in [0.3, 0.4) is 0 Å². The predicted octanol–water partition coefficient (Wildman–Crippen LogP) is 2.68. The topological polar surface area (TPSA) is 64.6 Å². The summed E-state index contributed by atoms with van der Waals surface area (Å²) in [6, 6.07) is 5.58. The van der Waals surface area contributed by atoms with Gasteiger partial charge >= 0.3 is 12.1 Å². The number of anilines is 1. The molecular formula is C14H15NO4. The normalized spacial score (nSPS) is 17.7. The fourth-order valence-corrected chi connectivity index (χ4v) is 1.69. The molecule has 2 rings (SSSR count). The van der Waals surface area contributed by atoms with Crippen LogP contribution in [0, 0.1) is 13.8 Å². The van der Waals surface area contributed by atoms with Crippen LogP contribution in [0.2, 0.25) is 0 Å². The average Bonchev–Trinajstić information content (AvgIpc) is 2.64. The SMILES string of the molecule is CC1=CC(OC(=O)Nc2cccc(C)c2C)OC1=O. The number of hydrogen-bond donors (Lipinski definition) is 1. The van der Waals surface area contributed by atoms with Crippen molar-refractivity contribution in [1.82, 2.24) is 0 Å². The predicted molar refractivity (Wildman–Crippen MR) is 69.7 cm³/mol. The van der Waals surface area contributed by atoms with Gasteiger partial charge in [0.25, 0.3) is 6.29 Å². The molecule has 0 fully saturated rings. The van der Waals surface area contributed by atoms with Crippen molar-refractivity contribution in [3.63, 3.8) is 0 Å². The first-order valence-electron chi connectivity index (χ1n) is 5.90. The summed E-state index contributed by atoms with van der Waals surface area (Å²) in [5.74, 6) is -0.468. The molecule has 1 N–H and O–H groups in total. The van der Waals surface area contributed by atoms with E-state index >= 15 is 0 Å². The van der Waals surface area contributed by atoms with Crippen molar-refractivity contribution < 1.29 is 19.1 Å². The second kappa shape index (κ2) is 5.14. The van der Waals surface area contributed by atoms with E-state index in [9.17, 15) is 9.59 Å². The number of carbonyl (C=O) groups is 2. The van der Waals surface area contributed by atoms with Crippen LogP contribution in [0.15, 0.2) is 29.8 Å². The fourth-order valence-electron chi connectivity index (χ4n) is 1.69. The molecule has 1 aliphatic heterocycles. The molecule has 0 radical (unpaired) electrons. The molecule has 0 saturated carbocycles. The second-order valence-corrected chi connectivity index (χ2v) is 4.40. The lowest BCUT2D eigenvalue weighted by molar-refractivity contribution is -0.150. The minimum absolute atomic E-state index is 0.435. The standard InChI is InChI=1S/C14H15NO4/c1-8-5-4-6-11(10(8)3)15-14(17)19-12-7-9(2)13(16)18-12/h4-7,12H,1-3H3,(H,15,17). The maximum absolute atomic E-state index is 11.7. The number of aryl methyl sites for hydroxylation is 1. The van der Waals surface area contributed by atoms with Crippen LogP contribution in [0.25, 0.3) is 0 Å². The van der Waals surface area contributed by atoms with Crippen molar-refractivity contribution in [2.45, 2.75) is 27.1 Å². The number of carbonyl (C=O) groups excluding carboxylic acids is 2. The van der Waals surface area contributed by atoms with Gasteiger partial charge in [0, 0.05) is 17.3 Å². The molecule has 5 heteroatoms. The summed E-state index contributed by atoms with van der Waals surface area (Å²) < 4.78 is 9.80. The Balaban J connectivity index is 1.99. The highest BCUT2D eigenvalue weighted by atomic mass is 16.7. The lowest BCUT2D eigenvalue weighted by Crippen LogP contribution is -2.22. The molecule has 0 bridgehead atoms. The molecule has 1 unspecified atom stereocenters. The quantitative estimate of drug-likeness (QED) is 0.831. The summed E-state index contributed by atoms with van der Waals surface area (Å²) in [6.07, 6.45) is -0.138. The van der Waals surface area contributed by atoms with Crippen molar-refractivity contribution >= 4 is 17.7 Å². The maximum Gasteiger partial charge on any atom is 0.414 e. The molecule has 0 aliphatic carbocycles. The molecule has 1 atom stereocenters. The van der Waals surface area contributed by atoms with Crippen LogP contribution in [-0.2, 0) is 14.3 Å². The number of benzene rings is 1. The zero-order valence-corrected chi connectivity index (χ0v) is 11.0. The number of esters is 1. The van der Waals surface area contributed by atoms with Crippen molar-refractivity contribution in [2.75, 3.05) is 5.32 Å². The van der Waals surface area contributed by atoms with Crippen LogP contribution in [0.5, 0.6) is 0 Å². The summed E-state index contributed by atoms with van der Waals surface area (Å²) in [5.41, 5.74) is 3.15. The first-order chi connectivity index (χ1) is 8.97. The van der Waals surface area contributed by atoms with E-state index in [2.05, 4.69) is 5.32 Å². The van der Waals surface area contributed by atoms with Crippen LogP contribution in [0.4, 0.5) is 10.5 Å². The van der Waals surface area contributed by atoms with Crippen molar-refractivity contribution in [3.05, 3.63) is 41.0 Å². The summed E-state index contributed by atoms with van der Waals surface area (Å²) in [4.78, 5) is 22.8. The first-order valence-corrected chi connectivity index (χ1v) is 5.90. The smallest absolute Gasteiger partial charge is 0.414 e. The highest BCUT2D eigenvalue weighted by Gasteiger charge is 2.25. The number of rotatable bonds is 2. The molecule has 0 spiro atoms. The van der Waals surface area contributed by atoms with E-state index in [1.165, 1.54) is 6.08 Å². The van der Waals surface area contributed by atoms with Gasteiger partial charge in [-0.05, 0) is 38.0 Å². The number of nitrogens with one attached hydrogen (secondary N) is 1. The van der Waals surface area contributed by atoms with E-state index in [1.54, 1.807) is 13.0 Å². The van der Waals surface area contributed by atoms with Gasteiger partial charge in [-0.2, -0.15) is 0 Å². The van der Waals surface area contributed by atoms with Crippen molar-refractivity contribution in [1.29, 1.82) is 0 Å². The highest BCUT2D eigenvalue weighted by Crippen LogP contribution is 2.19. The fraction of sp³-hybridized carbons (Fsp3) is 0.286. The average molecular weight is 261 g/mol. The van der Waals surface area contributed by atoms with Gasteiger partial charge < -0.3 is 9.47 Å². The Labute approximate surface area is 111 Å². The van der Waals surface area contributed by atoms with Crippen LogP contribution >= 0.6 is 0 Å². The minimum Gasteiger partial charge on any atom is -0.418 e. The number of amides is 1. The number of cyclic esters (lactones) is 1. The third-order valence-corrected chi connectivity index (χ3v) is 3.00. The van der Waals surface area contributed by atoms with Gasteiger partial charge in [0.15, 0.2) is 0 Å². The molecule has 0 saturated heterocycles. The van der Waals surface area contributed by atoms with Crippen molar-refractivity contribution in [3.8, 4) is 0 Å². The Kier molecular flexibility index (Phi) is 3.55. The lowest BCUT2D eigenvalue weighted by atomic mass is 10.1. The van der Waals surface area contributed by atoms with Crippen LogP contribution in [-0.4, -0.2) is 18.4 Å². The molecule has 0 aromatic heterocycles. The van der Waals surface area contributed by atoms with Gasteiger partial charge in [0.05, 0.1) is 0 Å². The van der Waals surface area contributed by atoms with E-state index in [4.69, 9.17) is 9.47 Å². The Morgan fingerprint density at radius 3 is 2.68 bits per heavy atom. The molecule has 1 aromatic carbocycles. The highest BCUT2D eigenvalue weighted by molar-refractivity contribution is 5.91. The Hall–Kier alpha value is -2.30. The molecule has 1 aliphatic rings. The van der Waals surface area contributed by atoms with Gasteiger partial charge in [0.2, 0.25) is 0 Å². The van der Waals surface area contributed by atoms with Gasteiger partial charge in [0.1, 0.15) is 0 Å². The summed E-state index contributed by atoms with van der Waals surface area (Å²) >= 11 is 0. The maximum atomic E-state index is 11.7. The Bertz CT molecular complexity index is 563. The third kappa shape index (κ3) is 2.93. The lowest BCUT2D eigenvalue weighted by Gasteiger charge is -2.13. The Morgan fingerprint density at radius 1 is 1.32 bits per heavy atom. The molecular weight excluding hydrogens is 246 g/mol. The second-order valence-electron chi connectivity index (χ2n) is 4.40. The van der Waals surface area contributed by atoms with Gasteiger partial charge in [-0.3, -0.25) is 5.32 Å². The summed E-state index contributed by atoms with van der Waals surface area (Å²) in [5, 5.41) is 2.63. The molecule has 1 aromatic rings. The zero-order chi connectivity index (χ0) is 14.0. The molecule has 1 amide bonds. The molecule has 5 nitrogen and oxygen atoms in total. The number of hydrogen-bond acceptors (Lipinski definition) is 4. The van der Waals surface area contributed by atoms with E-state index in [0.717, 1.165) is 11.1 Å². The van der Waals surface area contributed by atoms with Crippen LogP contribution < -0.4 is 5.32 Å². The zero-order valence-electron chi connectivity index (χ0n) is 11.0.